The summed E-state index contributed by atoms with van der Waals surface area (Å²) in [4.78, 5) is 4.82. The van der Waals surface area contributed by atoms with Crippen LogP contribution in [0.4, 0.5) is 0 Å². The third kappa shape index (κ3) is 2.13. The molecule has 4 aromatic rings. The fourth-order valence-corrected chi connectivity index (χ4v) is 5.29. The van der Waals surface area contributed by atoms with Gasteiger partial charge in [0.25, 0.3) is 0 Å². The summed E-state index contributed by atoms with van der Waals surface area (Å²) in [5.41, 5.74) is 2.20. The molecule has 0 N–H and O–H groups in total. The van der Waals surface area contributed by atoms with E-state index in [0.717, 1.165) is 21.1 Å². The van der Waals surface area contributed by atoms with Crippen LogP contribution in [0, 0.1) is 6.08 Å². The molecular formula is C19H9ClNS2+. The van der Waals surface area contributed by atoms with Crippen LogP contribution in [0.1, 0.15) is 5.01 Å². The highest BCUT2D eigenvalue weighted by Crippen LogP contribution is 2.39. The van der Waals surface area contributed by atoms with Crippen LogP contribution in [0.3, 0.4) is 0 Å². The summed E-state index contributed by atoms with van der Waals surface area (Å²) < 4.78 is 3.73. The minimum atomic E-state index is 0.784. The Morgan fingerprint density at radius 1 is 0.957 bits per heavy atom. The summed E-state index contributed by atoms with van der Waals surface area (Å²) in [5.74, 6) is 0. The number of fused-ring (bicyclic) bond motifs is 4. The van der Waals surface area contributed by atoms with E-state index >= 15 is 0 Å². The second kappa shape index (κ2) is 4.98. The summed E-state index contributed by atoms with van der Waals surface area (Å²) in [5, 5.41) is 4.35. The first-order chi connectivity index (χ1) is 11.3. The van der Waals surface area contributed by atoms with Gasteiger partial charge in [-0.25, -0.2) is 4.98 Å². The molecule has 1 aliphatic rings. The minimum absolute atomic E-state index is 0.784. The molecule has 2 aromatic heterocycles. The number of hydrogen-bond acceptors (Lipinski definition) is 3. The maximum absolute atomic E-state index is 6.11. The summed E-state index contributed by atoms with van der Waals surface area (Å²) in [6.45, 7) is 0. The second-order valence-electron chi connectivity index (χ2n) is 5.37. The van der Waals surface area contributed by atoms with Crippen LogP contribution in [-0.4, -0.2) is 4.98 Å². The maximum atomic E-state index is 6.11. The predicted octanol–water partition coefficient (Wildman–Crippen LogP) is 6.63. The Labute approximate surface area is 145 Å². The van der Waals surface area contributed by atoms with Crippen LogP contribution in [0.15, 0.2) is 54.6 Å². The Morgan fingerprint density at radius 3 is 2.74 bits per heavy atom. The lowest BCUT2D eigenvalue weighted by molar-refractivity contribution is 1.44. The number of aromatic nitrogens is 1. The van der Waals surface area contributed by atoms with Crippen molar-refractivity contribution in [2.24, 2.45) is 0 Å². The molecule has 4 heteroatoms. The molecule has 0 aliphatic heterocycles. The van der Waals surface area contributed by atoms with Gasteiger partial charge in [0.2, 0.25) is 0 Å². The first-order valence-corrected chi connectivity index (χ1v) is 9.18. The summed E-state index contributed by atoms with van der Waals surface area (Å²) in [6, 6.07) is 10.5. The Kier molecular flexibility index (Phi) is 2.91. The molecule has 108 valence electrons. The fraction of sp³-hybridized carbons (Fsp3) is 0. The zero-order valence-electron chi connectivity index (χ0n) is 11.8. The topological polar surface area (TPSA) is 12.9 Å². The van der Waals surface area contributed by atoms with Crippen molar-refractivity contribution >= 4 is 70.2 Å². The summed E-state index contributed by atoms with van der Waals surface area (Å²) in [7, 11) is 0. The van der Waals surface area contributed by atoms with Gasteiger partial charge >= 0.3 is 0 Å². The molecule has 5 rings (SSSR count). The van der Waals surface area contributed by atoms with E-state index in [2.05, 4.69) is 36.4 Å². The minimum Gasteiger partial charge on any atom is -0.233 e. The molecule has 0 amide bonds. The lowest BCUT2D eigenvalue weighted by Gasteiger charge is -1.92. The van der Waals surface area contributed by atoms with Crippen LogP contribution in [0.25, 0.3) is 36.0 Å². The number of allylic oxidation sites excluding steroid dienone is 6. The molecule has 0 radical (unpaired) electrons. The average molecular weight is 351 g/mol. The van der Waals surface area contributed by atoms with Crippen molar-refractivity contribution in [3.8, 4) is 0 Å². The molecule has 0 atom stereocenters. The highest BCUT2D eigenvalue weighted by Gasteiger charge is 2.14. The van der Waals surface area contributed by atoms with Crippen molar-refractivity contribution in [2.75, 3.05) is 0 Å². The number of thiophene rings is 1. The number of hydrogen-bond donors (Lipinski definition) is 0. The second-order valence-corrected chi connectivity index (χ2v) is 7.92. The zero-order valence-corrected chi connectivity index (χ0v) is 14.2. The Morgan fingerprint density at radius 2 is 1.87 bits per heavy atom. The fourth-order valence-electron chi connectivity index (χ4n) is 2.82. The third-order valence-electron chi connectivity index (χ3n) is 3.91. The van der Waals surface area contributed by atoms with E-state index < -0.39 is 0 Å². The normalized spacial score (nSPS) is 13.9. The van der Waals surface area contributed by atoms with E-state index in [1.54, 1.807) is 22.7 Å². The van der Waals surface area contributed by atoms with Crippen molar-refractivity contribution in [3.63, 3.8) is 0 Å². The molecule has 1 aliphatic carbocycles. The average Bonchev–Trinajstić information content (AvgIpc) is 3.13. The van der Waals surface area contributed by atoms with Crippen molar-refractivity contribution in [1.82, 2.24) is 4.98 Å². The van der Waals surface area contributed by atoms with Gasteiger partial charge in [0, 0.05) is 31.3 Å². The number of rotatable bonds is 1. The summed E-state index contributed by atoms with van der Waals surface area (Å²) >= 11 is 9.63. The third-order valence-corrected chi connectivity index (χ3v) is 6.33. The molecule has 1 nitrogen and oxygen atoms in total. The van der Waals surface area contributed by atoms with Crippen molar-refractivity contribution < 1.29 is 0 Å². The van der Waals surface area contributed by atoms with E-state index in [1.165, 1.54) is 24.9 Å². The van der Waals surface area contributed by atoms with Crippen molar-refractivity contribution in [3.05, 3.63) is 70.7 Å². The first-order valence-electron chi connectivity index (χ1n) is 7.17. The molecule has 0 saturated carbocycles. The first kappa shape index (κ1) is 13.4. The van der Waals surface area contributed by atoms with Gasteiger partial charge in [-0.15, -0.1) is 22.7 Å². The molecule has 0 saturated heterocycles. The highest BCUT2D eigenvalue weighted by molar-refractivity contribution is 7.26. The monoisotopic (exact) mass is 350 g/mol. The number of nitrogens with zero attached hydrogens (tertiary/aromatic N) is 1. The molecule has 0 bridgehead atoms. The largest absolute Gasteiger partial charge is 0.233 e. The van der Waals surface area contributed by atoms with Crippen LogP contribution < -0.4 is 0 Å². The van der Waals surface area contributed by atoms with E-state index in [9.17, 15) is 0 Å². The predicted molar refractivity (Wildman–Crippen MR) is 102 cm³/mol. The molecule has 0 spiro atoms. The Balaban J connectivity index is 1.77. The molecule has 0 unspecified atom stereocenters. The smallest absolute Gasteiger partial charge is 0.151 e. The van der Waals surface area contributed by atoms with Gasteiger partial charge < -0.3 is 0 Å². The zero-order chi connectivity index (χ0) is 15.4. The standard InChI is InChI=1S/C19H9ClNS2/c20-12-6-7-13-14-9-15-18(10-17(14)22-16(13)8-12)23-19(21-15)11-4-2-1-3-5-11/h2-10H/q+1. The number of benzene rings is 2. The molecule has 23 heavy (non-hydrogen) atoms. The number of thiazole rings is 1. The van der Waals surface area contributed by atoms with Gasteiger partial charge in [0.1, 0.15) is 17.7 Å². The van der Waals surface area contributed by atoms with Gasteiger partial charge in [0.05, 0.1) is 22.4 Å². The van der Waals surface area contributed by atoms with Gasteiger partial charge in [-0.05, 0) is 24.3 Å². The lowest BCUT2D eigenvalue weighted by Crippen LogP contribution is -1.80. The van der Waals surface area contributed by atoms with Gasteiger partial charge in [-0.3, -0.25) is 0 Å². The van der Waals surface area contributed by atoms with Crippen molar-refractivity contribution in [1.29, 1.82) is 0 Å². The van der Waals surface area contributed by atoms with E-state index in [0.29, 0.717) is 0 Å². The molecular weight excluding hydrogens is 342 g/mol. The van der Waals surface area contributed by atoms with Crippen LogP contribution >= 0.6 is 34.3 Å². The molecule has 2 aromatic carbocycles. The Hall–Kier alpha value is -2.03. The van der Waals surface area contributed by atoms with E-state index in [-0.39, 0.29) is 0 Å². The highest BCUT2D eigenvalue weighted by atomic mass is 35.5. The van der Waals surface area contributed by atoms with Crippen LogP contribution in [-0.2, 0) is 0 Å². The summed E-state index contributed by atoms with van der Waals surface area (Å²) in [6.07, 6.45) is 11.0. The molecule has 2 heterocycles. The van der Waals surface area contributed by atoms with Gasteiger partial charge in [-0.2, -0.15) is 0 Å². The van der Waals surface area contributed by atoms with E-state index in [4.69, 9.17) is 16.6 Å². The molecule has 0 fully saturated rings. The lowest BCUT2D eigenvalue weighted by atomic mass is 10.1. The van der Waals surface area contributed by atoms with Gasteiger partial charge in [-0.1, -0.05) is 17.7 Å². The van der Waals surface area contributed by atoms with Gasteiger partial charge in [0.15, 0.2) is 5.01 Å². The van der Waals surface area contributed by atoms with Crippen molar-refractivity contribution in [2.45, 2.75) is 0 Å². The van der Waals surface area contributed by atoms with E-state index in [1.807, 2.05) is 24.3 Å². The van der Waals surface area contributed by atoms with Crippen LogP contribution in [0.5, 0.6) is 0 Å². The quantitative estimate of drug-likeness (QED) is 0.351. The SMILES string of the molecule is Clc1ccc2c(c1)sc1cc3sc(C4=CC=[C+]C=C4)nc3cc12. The number of halogens is 1. The Bertz CT molecular complexity index is 1170. The van der Waals surface area contributed by atoms with Crippen LogP contribution in [0.2, 0.25) is 5.02 Å². The maximum Gasteiger partial charge on any atom is 0.151 e.